The van der Waals surface area contributed by atoms with Crippen LogP contribution in [0.5, 0.6) is 0 Å². The Hall–Kier alpha value is -0.170. The predicted molar refractivity (Wildman–Crippen MR) is 71.2 cm³/mol. The average Bonchev–Trinajstić information content (AvgIpc) is 3.05. The smallest absolute Gasteiger partial charge is 0.214 e. The van der Waals surface area contributed by atoms with Gasteiger partial charge in [0, 0.05) is 12.0 Å². The van der Waals surface area contributed by atoms with E-state index in [0.29, 0.717) is 6.61 Å². The van der Waals surface area contributed by atoms with Crippen LogP contribution in [0.25, 0.3) is 0 Å². The number of rotatable bonds is 6. The SMILES string of the molecule is O=S(=O)(N[C@@H]([C@@H]1CCCO1)C1(CO)CCC1)C1CC1. The Morgan fingerprint density at radius 3 is 2.42 bits per heavy atom. The molecule has 0 bridgehead atoms. The lowest BCUT2D eigenvalue weighted by Gasteiger charge is -2.48. The van der Waals surface area contributed by atoms with Gasteiger partial charge in [-0.3, -0.25) is 0 Å². The lowest BCUT2D eigenvalue weighted by Crippen LogP contribution is -2.59. The number of hydrogen-bond donors (Lipinski definition) is 2. The van der Waals surface area contributed by atoms with E-state index in [2.05, 4.69) is 4.72 Å². The molecule has 6 heteroatoms. The first-order valence-electron chi connectivity index (χ1n) is 7.31. The van der Waals surface area contributed by atoms with Crippen LogP contribution in [-0.4, -0.2) is 44.1 Å². The van der Waals surface area contributed by atoms with Gasteiger partial charge in [-0.25, -0.2) is 13.1 Å². The van der Waals surface area contributed by atoms with E-state index in [1.54, 1.807) is 0 Å². The molecule has 3 fully saturated rings. The maximum absolute atomic E-state index is 12.2. The van der Waals surface area contributed by atoms with Crippen LogP contribution in [0.3, 0.4) is 0 Å². The molecule has 2 saturated carbocycles. The Morgan fingerprint density at radius 2 is 2.00 bits per heavy atom. The molecular formula is C13H23NO4S. The predicted octanol–water partition coefficient (Wildman–Crippen LogP) is 0.778. The number of aliphatic hydroxyl groups excluding tert-OH is 1. The van der Waals surface area contributed by atoms with Crippen molar-refractivity contribution in [2.45, 2.75) is 62.3 Å². The first-order chi connectivity index (χ1) is 9.07. The highest BCUT2D eigenvalue weighted by molar-refractivity contribution is 7.90. The molecule has 110 valence electrons. The lowest BCUT2D eigenvalue weighted by atomic mass is 9.63. The number of sulfonamides is 1. The summed E-state index contributed by atoms with van der Waals surface area (Å²) in [6.45, 7) is 0.749. The molecule has 5 nitrogen and oxygen atoms in total. The summed E-state index contributed by atoms with van der Waals surface area (Å²) in [5.41, 5.74) is -0.295. The van der Waals surface area contributed by atoms with Gasteiger partial charge in [-0.05, 0) is 38.5 Å². The van der Waals surface area contributed by atoms with Gasteiger partial charge in [0.25, 0.3) is 0 Å². The van der Waals surface area contributed by atoms with Crippen molar-refractivity contribution in [1.29, 1.82) is 0 Å². The fraction of sp³-hybridized carbons (Fsp3) is 1.00. The monoisotopic (exact) mass is 289 g/mol. The van der Waals surface area contributed by atoms with Gasteiger partial charge in [-0.1, -0.05) is 6.42 Å². The van der Waals surface area contributed by atoms with Crippen molar-refractivity contribution in [3.8, 4) is 0 Å². The second-order valence-corrected chi connectivity index (χ2v) is 8.26. The van der Waals surface area contributed by atoms with Crippen LogP contribution in [-0.2, 0) is 14.8 Å². The number of hydrogen-bond acceptors (Lipinski definition) is 4. The van der Waals surface area contributed by atoms with Gasteiger partial charge >= 0.3 is 0 Å². The van der Waals surface area contributed by atoms with Crippen molar-refractivity contribution >= 4 is 10.0 Å². The molecule has 3 aliphatic rings. The zero-order chi connectivity index (χ0) is 13.5. The fourth-order valence-corrected chi connectivity index (χ4v) is 5.02. The van der Waals surface area contributed by atoms with Crippen molar-refractivity contribution in [2.75, 3.05) is 13.2 Å². The van der Waals surface area contributed by atoms with E-state index in [9.17, 15) is 13.5 Å². The molecule has 2 N–H and O–H groups in total. The molecule has 0 amide bonds. The van der Waals surface area contributed by atoms with E-state index in [0.717, 1.165) is 44.9 Å². The summed E-state index contributed by atoms with van der Waals surface area (Å²) in [5.74, 6) is 0. The first-order valence-corrected chi connectivity index (χ1v) is 8.86. The fourth-order valence-electron chi connectivity index (χ4n) is 3.31. The van der Waals surface area contributed by atoms with Crippen molar-refractivity contribution in [3.05, 3.63) is 0 Å². The minimum Gasteiger partial charge on any atom is -0.396 e. The average molecular weight is 289 g/mol. The van der Waals surface area contributed by atoms with Crippen LogP contribution in [0.4, 0.5) is 0 Å². The van der Waals surface area contributed by atoms with Crippen molar-refractivity contribution in [3.63, 3.8) is 0 Å². The molecule has 0 aromatic heterocycles. The maximum atomic E-state index is 12.2. The van der Waals surface area contributed by atoms with Crippen LogP contribution in [0.1, 0.15) is 44.9 Å². The van der Waals surface area contributed by atoms with E-state index >= 15 is 0 Å². The summed E-state index contributed by atoms with van der Waals surface area (Å²) in [5, 5.41) is 9.51. The maximum Gasteiger partial charge on any atom is 0.214 e. The third-order valence-electron chi connectivity index (χ3n) is 4.92. The molecule has 0 unspecified atom stereocenters. The van der Waals surface area contributed by atoms with E-state index in [1.165, 1.54) is 0 Å². The summed E-state index contributed by atoms with van der Waals surface area (Å²) < 4.78 is 33.0. The second kappa shape index (κ2) is 4.98. The summed E-state index contributed by atoms with van der Waals surface area (Å²) in [4.78, 5) is 0. The Balaban J connectivity index is 1.79. The zero-order valence-electron chi connectivity index (χ0n) is 11.2. The van der Waals surface area contributed by atoms with Crippen LogP contribution < -0.4 is 4.72 Å². The Bertz CT molecular complexity index is 416. The zero-order valence-corrected chi connectivity index (χ0v) is 12.0. The van der Waals surface area contributed by atoms with Crippen LogP contribution in [0, 0.1) is 5.41 Å². The largest absolute Gasteiger partial charge is 0.396 e. The standard InChI is InChI=1S/C13H23NO4S/c15-9-13(6-2-7-13)12(11-3-1-8-18-11)14-19(16,17)10-4-5-10/h10-12,14-15H,1-9H2/t11-,12-/m0/s1. The normalized spacial score (nSPS) is 31.9. The number of nitrogens with one attached hydrogen (secondary N) is 1. The van der Waals surface area contributed by atoms with Gasteiger partial charge in [-0.2, -0.15) is 0 Å². The first kappa shape index (κ1) is 13.8. The van der Waals surface area contributed by atoms with Crippen LogP contribution in [0.15, 0.2) is 0 Å². The molecule has 0 aromatic carbocycles. The van der Waals surface area contributed by atoms with Crippen molar-refractivity contribution in [1.82, 2.24) is 4.72 Å². The highest BCUT2D eigenvalue weighted by atomic mass is 32.2. The molecule has 2 aliphatic carbocycles. The molecule has 1 saturated heterocycles. The van der Waals surface area contributed by atoms with Gasteiger partial charge in [0.2, 0.25) is 10.0 Å². The molecular weight excluding hydrogens is 266 g/mol. The minimum atomic E-state index is -3.23. The molecule has 0 spiro atoms. The molecule has 2 atom stereocenters. The van der Waals surface area contributed by atoms with Crippen LogP contribution in [0.2, 0.25) is 0 Å². The van der Waals surface area contributed by atoms with E-state index in [1.807, 2.05) is 0 Å². The van der Waals surface area contributed by atoms with Gasteiger partial charge in [0.1, 0.15) is 0 Å². The molecule has 1 aliphatic heterocycles. The number of aliphatic hydroxyl groups is 1. The summed E-state index contributed by atoms with van der Waals surface area (Å²) in [6.07, 6.45) is 6.17. The van der Waals surface area contributed by atoms with E-state index in [-0.39, 0.29) is 29.4 Å². The summed E-state index contributed by atoms with van der Waals surface area (Å²) in [7, 11) is -3.23. The topological polar surface area (TPSA) is 75.6 Å². The quantitative estimate of drug-likeness (QED) is 0.757. The number of ether oxygens (including phenoxy) is 1. The van der Waals surface area contributed by atoms with Gasteiger partial charge in [0.15, 0.2) is 0 Å². The highest BCUT2D eigenvalue weighted by Crippen LogP contribution is 2.46. The van der Waals surface area contributed by atoms with Crippen molar-refractivity contribution < 1.29 is 18.3 Å². The second-order valence-electron chi connectivity index (χ2n) is 6.27. The molecule has 1 heterocycles. The molecule has 0 aromatic rings. The summed E-state index contributed by atoms with van der Waals surface area (Å²) >= 11 is 0. The molecule has 3 rings (SSSR count). The third-order valence-corrected chi connectivity index (χ3v) is 6.85. The Kier molecular flexibility index (Phi) is 3.62. The van der Waals surface area contributed by atoms with Gasteiger partial charge in [0.05, 0.1) is 24.0 Å². The van der Waals surface area contributed by atoms with Gasteiger partial charge < -0.3 is 9.84 Å². The Morgan fingerprint density at radius 1 is 1.26 bits per heavy atom. The lowest BCUT2D eigenvalue weighted by molar-refractivity contribution is -0.0429. The van der Waals surface area contributed by atoms with Crippen LogP contribution >= 0.6 is 0 Å². The Labute approximate surface area is 114 Å². The third kappa shape index (κ3) is 2.55. The van der Waals surface area contributed by atoms with Gasteiger partial charge in [-0.15, -0.1) is 0 Å². The van der Waals surface area contributed by atoms with E-state index < -0.39 is 10.0 Å². The summed E-state index contributed by atoms with van der Waals surface area (Å²) in [6, 6.07) is -0.251. The minimum absolute atomic E-state index is 0.0463. The molecule has 19 heavy (non-hydrogen) atoms. The van der Waals surface area contributed by atoms with Crippen molar-refractivity contribution in [2.24, 2.45) is 5.41 Å². The molecule has 0 radical (unpaired) electrons. The highest BCUT2D eigenvalue weighted by Gasteiger charge is 2.51. The van der Waals surface area contributed by atoms with E-state index in [4.69, 9.17) is 4.74 Å².